The molecule has 1 atom stereocenters. The largest absolute Gasteiger partial charge is 0.366 e. The molecule has 1 aromatic carbocycles. The first-order chi connectivity index (χ1) is 8.91. The van der Waals surface area contributed by atoms with Crippen LogP contribution in [-0.2, 0) is 9.59 Å². The smallest absolute Gasteiger partial charge is 0.293 e. The second kappa shape index (κ2) is 4.85. The summed E-state index contributed by atoms with van der Waals surface area (Å²) in [5, 5.41) is 13.7. The molecule has 1 aromatic rings. The quantitative estimate of drug-likeness (QED) is 0.514. The number of nitrogens with one attached hydrogen (secondary N) is 1. The van der Waals surface area contributed by atoms with Gasteiger partial charge in [-0.3, -0.25) is 24.6 Å². The minimum absolute atomic E-state index is 0.0439. The highest BCUT2D eigenvalue weighted by Crippen LogP contribution is 2.33. The minimum Gasteiger partial charge on any atom is -0.366 e. The number of nitro benzene ring substituents is 1. The molecule has 0 aliphatic carbocycles. The lowest BCUT2D eigenvalue weighted by Gasteiger charge is -2.13. The first-order valence-corrected chi connectivity index (χ1v) is 5.79. The van der Waals surface area contributed by atoms with Crippen LogP contribution in [0.4, 0.5) is 11.4 Å². The summed E-state index contributed by atoms with van der Waals surface area (Å²) in [7, 11) is 1.37. The van der Waals surface area contributed by atoms with Crippen molar-refractivity contribution in [1.82, 2.24) is 4.90 Å². The molecular weight excluding hydrogens is 274 g/mol. The number of para-hydroxylation sites is 1. The Morgan fingerprint density at radius 3 is 2.68 bits per heavy atom. The Balaban J connectivity index is 2.32. The van der Waals surface area contributed by atoms with Gasteiger partial charge in [0, 0.05) is 13.1 Å². The van der Waals surface area contributed by atoms with Crippen molar-refractivity contribution in [2.75, 3.05) is 12.4 Å². The highest BCUT2D eigenvalue weighted by molar-refractivity contribution is 6.33. The van der Waals surface area contributed by atoms with Crippen LogP contribution in [0.15, 0.2) is 18.2 Å². The fourth-order valence-corrected chi connectivity index (χ4v) is 2.07. The van der Waals surface area contributed by atoms with Gasteiger partial charge in [0.1, 0.15) is 11.7 Å². The van der Waals surface area contributed by atoms with Crippen molar-refractivity contribution in [3.63, 3.8) is 0 Å². The molecule has 1 fully saturated rings. The van der Waals surface area contributed by atoms with Gasteiger partial charge in [-0.15, -0.1) is 0 Å². The number of hydrogen-bond donors (Lipinski definition) is 1. The standard InChI is InChI=1S/C11H10ClN3O4/c1-14-9(16)5-7(11(14)17)13-10-6(12)3-2-4-8(10)15(18)19/h2-4,7,13H,5H2,1H3. The maximum Gasteiger partial charge on any atom is 0.293 e. The number of benzene rings is 1. The average Bonchev–Trinajstić information content (AvgIpc) is 2.59. The van der Waals surface area contributed by atoms with Gasteiger partial charge in [0.05, 0.1) is 16.4 Å². The van der Waals surface area contributed by atoms with Gasteiger partial charge < -0.3 is 5.32 Å². The number of nitro groups is 1. The lowest BCUT2D eigenvalue weighted by molar-refractivity contribution is -0.384. The van der Waals surface area contributed by atoms with E-state index in [4.69, 9.17) is 11.6 Å². The zero-order chi connectivity index (χ0) is 14.2. The number of anilines is 1. The van der Waals surface area contributed by atoms with Gasteiger partial charge in [0.25, 0.3) is 11.6 Å². The molecule has 0 aromatic heterocycles. The maximum absolute atomic E-state index is 11.7. The molecule has 2 rings (SSSR count). The van der Waals surface area contributed by atoms with E-state index in [1.165, 1.54) is 25.2 Å². The van der Waals surface area contributed by atoms with Crippen LogP contribution >= 0.6 is 11.6 Å². The highest BCUT2D eigenvalue weighted by Gasteiger charge is 2.37. The molecule has 1 saturated heterocycles. The third-order valence-electron chi connectivity index (χ3n) is 2.89. The van der Waals surface area contributed by atoms with E-state index in [-0.39, 0.29) is 28.7 Å². The molecule has 7 nitrogen and oxygen atoms in total. The van der Waals surface area contributed by atoms with Gasteiger partial charge in [-0.2, -0.15) is 0 Å². The highest BCUT2D eigenvalue weighted by atomic mass is 35.5. The predicted octanol–water partition coefficient (Wildman–Crippen LogP) is 1.42. The van der Waals surface area contributed by atoms with Gasteiger partial charge in [0.2, 0.25) is 5.91 Å². The van der Waals surface area contributed by atoms with Crippen LogP contribution in [0.25, 0.3) is 0 Å². The van der Waals surface area contributed by atoms with Crippen LogP contribution in [0.2, 0.25) is 5.02 Å². The van der Waals surface area contributed by atoms with E-state index in [0.717, 1.165) is 4.90 Å². The lowest BCUT2D eigenvalue weighted by Crippen LogP contribution is -2.32. The van der Waals surface area contributed by atoms with E-state index in [9.17, 15) is 19.7 Å². The molecule has 0 bridgehead atoms. The zero-order valence-corrected chi connectivity index (χ0v) is 10.7. The van der Waals surface area contributed by atoms with Gasteiger partial charge in [-0.05, 0) is 6.07 Å². The topological polar surface area (TPSA) is 92.6 Å². The molecule has 1 heterocycles. The number of nitrogens with zero attached hydrogens (tertiary/aromatic N) is 2. The number of halogens is 1. The Hall–Kier alpha value is -2.15. The van der Waals surface area contributed by atoms with Crippen molar-refractivity contribution in [2.24, 2.45) is 0 Å². The van der Waals surface area contributed by atoms with E-state index >= 15 is 0 Å². The van der Waals surface area contributed by atoms with Gasteiger partial charge >= 0.3 is 0 Å². The number of likely N-dealkylation sites (N-methyl/N-ethyl adjacent to an activating group) is 1. The van der Waals surface area contributed by atoms with Crippen LogP contribution in [0.3, 0.4) is 0 Å². The van der Waals surface area contributed by atoms with E-state index in [2.05, 4.69) is 5.32 Å². The summed E-state index contributed by atoms with van der Waals surface area (Å²) in [5.41, 5.74) is -0.182. The Kier molecular flexibility index (Phi) is 3.39. The molecule has 1 unspecified atom stereocenters. The molecule has 1 aliphatic rings. The van der Waals surface area contributed by atoms with Gasteiger partial charge in [0.15, 0.2) is 0 Å². The van der Waals surface area contributed by atoms with Crippen molar-refractivity contribution in [3.8, 4) is 0 Å². The molecule has 2 amide bonds. The molecular formula is C11H10ClN3O4. The molecule has 1 N–H and O–H groups in total. The fraction of sp³-hybridized carbons (Fsp3) is 0.273. The van der Waals surface area contributed by atoms with E-state index in [1.807, 2.05) is 0 Å². The van der Waals surface area contributed by atoms with Gasteiger partial charge in [-0.25, -0.2) is 0 Å². The summed E-state index contributed by atoms with van der Waals surface area (Å²) < 4.78 is 0. The van der Waals surface area contributed by atoms with Crippen LogP contribution < -0.4 is 5.32 Å². The number of likely N-dealkylation sites (tertiary alicyclic amines) is 1. The third-order valence-corrected chi connectivity index (χ3v) is 3.20. The molecule has 0 spiro atoms. The Morgan fingerprint density at radius 1 is 1.47 bits per heavy atom. The number of carbonyl (C=O) groups excluding carboxylic acids is 2. The summed E-state index contributed by atoms with van der Waals surface area (Å²) in [6, 6.07) is 3.37. The van der Waals surface area contributed by atoms with Crippen LogP contribution in [0, 0.1) is 10.1 Å². The Bertz CT molecular complexity index is 575. The second-order valence-corrected chi connectivity index (χ2v) is 4.49. The number of carbonyl (C=O) groups is 2. The minimum atomic E-state index is -0.823. The van der Waals surface area contributed by atoms with Crippen LogP contribution in [0.5, 0.6) is 0 Å². The van der Waals surface area contributed by atoms with Crippen molar-refractivity contribution in [2.45, 2.75) is 12.5 Å². The average molecular weight is 284 g/mol. The van der Waals surface area contributed by atoms with Gasteiger partial charge in [-0.1, -0.05) is 17.7 Å². The van der Waals surface area contributed by atoms with E-state index < -0.39 is 16.9 Å². The summed E-state index contributed by atoms with van der Waals surface area (Å²) in [5.74, 6) is -0.767. The summed E-state index contributed by atoms with van der Waals surface area (Å²) in [6.07, 6.45) is -0.0439. The van der Waals surface area contributed by atoms with E-state index in [0.29, 0.717) is 0 Å². The lowest BCUT2D eigenvalue weighted by atomic mass is 10.2. The van der Waals surface area contributed by atoms with Crippen molar-refractivity contribution >= 4 is 34.8 Å². The monoisotopic (exact) mass is 283 g/mol. The first-order valence-electron chi connectivity index (χ1n) is 5.41. The molecule has 100 valence electrons. The SMILES string of the molecule is CN1C(=O)CC(Nc2c(Cl)cccc2[N+](=O)[O-])C1=O. The second-order valence-electron chi connectivity index (χ2n) is 4.08. The molecule has 19 heavy (non-hydrogen) atoms. The Morgan fingerprint density at radius 2 is 2.16 bits per heavy atom. The predicted molar refractivity (Wildman–Crippen MR) is 67.9 cm³/mol. The summed E-state index contributed by atoms with van der Waals surface area (Å²) >= 11 is 5.90. The number of imide groups is 1. The summed E-state index contributed by atoms with van der Waals surface area (Å²) in [6.45, 7) is 0. The van der Waals surface area contributed by atoms with Crippen molar-refractivity contribution in [3.05, 3.63) is 33.3 Å². The molecule has 8 heteroatoms. The zero-order valence-electron chi connectivity index (χ0n) is 9.92. The molecule has 1 aliphatic heterocycles. The van der Waals surface area contributed by atoms with Crippen molar-refractivity contribution in [1.29, 1.82) is 0 Å². The fourth-order valence-electron chi connectivity index (χ4n) is 1.85. The van der Waals surface area contributed by atoms with Crippen molar-refractivity contribution < 1.29 is 14.5 Å². The maximum atomic E-state index is 11.7. The number of hydrogen-bond acceptors (Lipinski definition) is 5. The van der Waals surface area contributed by atoms with E-state index in [1.54, 1.807) is 0 Å². The first kappa shape index (κ1) is 13.3. The third kappa shape index (κ3) is 2.37. The van der Waals surface area contributed by atoms with Crippen LogP contribution in [-0.4, -0.2) is 34.7 Å². The molecule has 0 saturated carbocycles. The Labute approximate surface area is 113 Å². The number of rotatable bonds is 3. The normalized spacial score (nSPS) is 18.8. The molecule has 0 radical (unpaired) electrons. The number of amides is 2. The summed E-state index contributed by atoms with van der Waals surface area (Å²) in [4.78, 5) is 34.4. The van der Waals surface area contributed by atoms with Crippen LogP contribution in [0.1, 0.15) is 6.42 Å².